The summed E-state index contributed by atoms with van der Waals surface area (Å²) >= 11 is 5.79. The molecule has 0 N–H and O–H groups in total. The van der Waals surface area contributed by atoms with Crippen molar-refractivity contribution in [2.75, 3.05) is 0 Å². The van der Waals surface area contributed by atoms with E-state index in [1.165, 1.54) is 6.07 Å². The molecular formula is C12H15ClN4O. The van der Waals surface area contributed by atoms with E-state index in [1.54, 1.807) is 10.8 Å². The van der Waals surface area contributed by atoms with Crippen molar-refractivity contribution in [1.29, 1.82) is 0 Å². The first-order valence-electron chi connectivity index (χ1n) is 5.85. The summed E-state index contributed by atoms with van der Waals surface area (Å²) in [4.78, 5) is 20.2. The zero-order chi connectivity index (χ0) is 13.1. The summed E-state index contributed by atoms with van der Waals surface area (Å²) in [5.41, 5.74) is -0.107. The van der Waals surface area contributed by atoms with Crippen LogP contribution in [0.3, 0.4) is 0 Å². The molecule has 2 aromatic heterocycles. The van der Waals surface area contributed by atoms with Crippen LogP contribution >= 0.6 is 11.6 Å². The van der Waals surface area contributed by atoms with E-state index >= 15 is 0 Å². The average Bonchev–Trinajstić information content (AvgIpc) is 2.73. The molecule has 0 aliphatic carbocycles. The largest absolute Gasteiger partial charge is 0.333 e. The molecule has 0 bridgehead atoms. The number of aromatic nitrogens is 4. The van der Waals surface area contributed by atoms with Crippen molar-refractivity contribution >= 4 is 11.6 Å². The molecular weight excluding hydrogens is 252 g/mol. The van der Waals surface area contributed by atoms with Gasteiger partial charge in [-0.25, -0.2) is 9.97 Å². The summed E-state index contributed by atoms with van der Waals surface area (Å²) in [5.74, 6) is 1.65. The zero-order valence-electron chi connectivity index (χ0n) is 10.4. The summed E-state index contributed by atoms with van der Waals surface area (Å²) in [5, 5.41) is 0.256. The van der Waals surface area contributed by atoms with Crippen LogP contribution in [0.15, 0.2) is 23.3 Å². The van der Waals surface area contributed by atoms with Crippen LogP contribution < -0.4 is 5.56 Å². The van der Waals surface area contributed by atoms with Gasteiger partial charge >= 0.3 is 0 Å². The number of aryl methyl sites for hydroxylation is 3. The Balaban J connectivity index is 2.24. The van der Waals surface area contributed by atoms with Crippen molar-refractivity contribution in [2.24, 2.45) is 0 Å². The van der Waals surface area contributed by atoms with Crippen molar-refractivity contribution in [3.05, 3.63) is 45.6 Å². The van der Waals surface area contributed by atoms with Gasteiger partial charge in [-0.15, -0.1) is 0 Å². The van der Waals surface area contributed by atoms with E-state index in [4.69, 9.17) is 11.6 Å². The maximum Gasteiger partial charge on any atom is 0.255 e. The Morgan fingerprint density at radius 3 is 2.78 bits per heavy atom. The molecule has 2 rings (SSSR count). The SMILES string of the molecule is CCc1nc(Cl)cc(=O)n1CCn1ccnc1C. The summed E-state index contributed by atoms with van der Waals surface area (Å²) in [6.45, 7) is 5.16. The highest BCUT2D eigenvalue weighted by Gasteiger charge is 2.06. The summed E-state index contributed by atoms with van der Waals surface area (Å²) in [6.07, 6.45) is 4.33. The van der Waals surface area contributed by atoms with E-state index in [1.807, 2.05) is 24.6 Å². The van der Waals surface area contributed by atoms with Crippen molar-refractivity contribution in [3.8, 4) is 0 Å². The van der Waals surface area contributed by atoms with Crippen LogP contribution in [-0.4, -0.2) is 19.1 Å². The molecule has 0 aliphatic heterocycles. The second-order valence-corrected chi connectivity index (χ2v) is 4.39. The second-order valence-electron chi connectivity index (χ2n) is 4.01. The molecule has 2 aromatic rings. The summed E-state index contributed by atoms with van der Waals surface area (Å²) in [6, 6.07) is 1.35. The quantitative estimate of drug-likeness (QED) is 0.791. The van der Waals surface area contributed by atoms with Crippen molar-refractivity contribution < 1.29 is 0 Å². The molecule has 0 saturated carbocycles. The van der Waals surface area contributed by atoms with Gasteiger partial charge in [0.2, 0.25) is 0 Å². The molecule has 96 valence electrons. The fraction of sp³-hybridized carbons (Fsp3) is 0.417. The molecule has 2 heterocycles. The third-order valence-electron chi connectivity index (χ3n) is 2.86. The first-order chi connectivity index (χ1) is 8.61. The summed E-state index contributed by atoms with van der Waals surface area (Å²) < 4.78 is 3.66. The van der Waals surface area contributed by atoms with E-state index in [9.17, 15) is 4.79 Å². The van der Waals surface area contributed by atoms with Gasteiger partial charge in [0.05, 0.1) is 0 Å². The Kier molecular flexibility index (Phi) is 3.81. The maximum absolute atomic E-state index is 11.9. The van der Waals surface area contributed by atoms with Crippen LogP contribution in [0.25, 0.3) is 0 Å². The van der Waals surface area contributed by atoms with Gasteiger partial charge in [-0.1, -0.05) is 18.5 Å². The fourth-order valence-corrected chi connectivity index (χ4v) is 2.07. The van der Waals surface area contributed by atoms with E-state index in [0.717, 1.165) is 5.82 Å². The van der Waals surface area contributed by atoms with Crippen molar-refractivity contribution in [1.82, 2.24) is 19.1 Å². The molecule has 0 spiro atoms. The molecule has 0 saturated heterocycles. The minimum Gasteiger partial charge on any atom is -0.333 e. The normalized spacial score (nSPS) is 10.8. The zero-order valence-corrected chi connectivity index (χ0v) is 11.2. The fourth-order valence-electron chi connectivity index (χ4n) is 1.88. The maximum atomic E-state index is 11.9. The highest BCUT2D eigenvalue weighted by Crippen LogP contribution is 2.04. The minimum atomic E-state index is -0.107. The Labute approximate surface area is 110 Å². The van der Waals surface area contributed by atoms with Crippen molar-refractivity contribution in [3.63, 3.8) is 0 Å². The Bertz CT molecular complexity index is 602. The molecule has 0 amide bonds. The Morgan fingerprint density at radius 1 is 1.39 bits per heavy atom. The smallest absolute Gasteiger partial charge is 0.255 e. The van der Waals surface area contributed by atoms with Gasteiger partial charge in [-0.3, -0.25) is 9.36 Å². The lowest BCUT2D eigenvalue weighted by atomic mass is 10.4. The van der Waals surface area contributed by atoms with Gasteiger partial charge < -0.3 is 4.57 Å². The Hall–Kier alpha value is -1.62. The van der Waals surface area contributed by atoms with Crippen LogP contribution in [0.5, 0.6) is 0 Å². The van der Waals surface area contributed by atoms with Gasteiger partial charge in [0, 0.05) is 38.0 Å². The van der Waals surface area contributed by atoms with Crippen LogP contribution in [0.2, 0.25) is 5.15 Å². The second kappa shape index (κ2) is 5.35. The molecule has 0 aliphatic rings. The number of halogens is 1. The van der Waals surface area contributed by atoms with Gasteiger partial charge in [0.25, 0.3) is 5.56 Å². The lowest BCUT2D eigenvalue weighted by Crippen LogP contribution is -2.26. The third-order valence-corrected chi connectivity index (χ3v) is 3.05. The predicted molar refractivity (Wildman–Crippen MR) is 69.8 cm³/mol. The topological polar surface area (TPSA) is 52.7 Å². The van der Waals surface area contributed by atoms with Crippen LogP contribution in [0, 0.1) is 6.92 Å². The first kappa shape index (κ1) is 12.8. The molecule has 6 heteroatoms. The predicted octanol–water partition coefficient (Wildman–Crippen LogP) is 1.66. The van der Waals surface area contributed by atoms with Crippen LogP contribution in [-0.2, 0) is 19.5 Å². The van der Waals surface area contributed by atoms with Gasteiger partial charge in [-0.05, 0) is 6.92 Å². The van der Waals surface area contributed by atoms with E-state index in [2.05, 4.69) is 9.97 Å². The molecule has 0 radical (unpaired) electrons. The molecule has 0 aromatic carbocycles. The highest BCUT2D eigenvalue weighted by atomic mass is 35.5. The van der Waals surface area contributed by atoms with Gasteiger partial charge in [-0.2, -0.15) is 0 Å². The first-order valence-corrected chi connectivity index (χ1v) is 6.23. The number of nitrogens with zero attached hydrogens (tertiary/aromatic N) is 4. The van der Waals surface area contributed by atoms with E-state index < -0.39 is 0 Å². The van der Waals surface area contributed by atoms with Crippen LogP contribution in [0.4, 0.5) is 0 Å². The average molecular weight is 267 g/mol. The number of rotatable bonds is 4. The van der Waals surface area contributed by atoms with Gasteiger partial charge in [0.15, 0.2) is 0 Å². The summed E-state index contributed by atoms with van der Waals surface area (Å²) in [7, 11) is 0. The molecule has 0 fully saturated rings. The lowest BCUT2D eigenvalue weighted by molar-refractivity contribution is 0.529. The Morgan fingerprint density at radius 2 is 2.17 bits per heavy atom. The molecule has 18 heavy (non-hydrogen) atoms. The molecule has 5 nitrogen and oxygen atoms in total. The standard InChI is InChI=1S/C12H15ClN4O/c1-3-11-15-10(13)8-12(18)17(11)7-6-16-5-4-14-9(16)2/h4-5,8H,3,6-7H2,1-2H3. The molecule has 0 atom stereocenters. The highest BCUT2D eigenvalue weighted by molar-refractivity contribution is 6.29. The lowest BCUT2D eigenvalue weighted by Gasteiger charge is -2.11. The van der Waals surface area contributed by atoms with Gasteiger partial charge in [0.1, 0.15) is 16.8 Å². The van der Waals surface area contributed by atoms with E-state index in [-0.39, 0.29) is 10.7 Å². The van der Waals surface area contributed by atoms with Crippen LogP contribution in [0.1, 0.15) is 18.6 Å². The third kappa shape index (κ3) is 2.61. The minimum absolute atomic E-state index is 0.107. The number of imidazole rings is 1. The van der Waals surface area contributed by atoms with Crippen molar-refractivity contribution in [2.45, 2.75) is 33.4 Å². The molecule has 0 unspecified atom stereocenters. The monoisotopic (exact) mass is 266 g/mol. The number of hydrogen-bond acceptors (Lipinski definition) is 3. The van der Waals surface area contributed by atoms with E-state index in [0.29, 0.717) is 25.3 Å². The number of hydrogen-bond donors (Lipinski definition) is 0.